The first-order chi connectivity index (χ1) is 25.2. The van der Waals surface area contributed by atoms with Gasteiger partial charge < -0.3 is 30.2 Å². The number of halogens is 2. The molecule has 5 heterocycles. The van der Waals surface area contributed by atoms with Gasteiger partial charge in [-0.15, -0.1) is 0 Å². The number of fused-ring (bicyclic) bond motifs is 1. The van der Waals surface area contributed by atoms with Crippen molar-refractivity contribution in [1.82, 2.24) is 35.4 Å². The van der Waals surface area contributed by atoms with Crippen LogP contribution in [0.25, 0.3) is 44.5 Å². The Balaban J connectivity index is 1.10. The van der Waals surface area contributed by atoms with Crippen LogP contribution in [0.2, 0.25) is 10.0 Å². The Morgan fingerprint density at radius 2 is 1.77 bits per heavy atom. The van der Waals surface area contributed by atoms with Gasteiger partial charge >= 0.3 is 0 Å². The molecule has 7 rings (SSSR count). The van der Waals surface area contributed by atoms with Crippen LogP contribution in [0.15, 0.2) is 67.0 Å². The molecule has 5 aromatic rings. The number of benzene rings is 2. The lowest BCUT2D eigenvalue weighted by Crippen LogP contribution is -2.43. The molecule has 2 amide bonds. The average Bonchev–Trinajstić information content (AvgIpc) is 3.72. The number of pyridine rings is 2. The van der Waals surface area contributed by atoms with Crippen molar-refractivity contribution in [2.24, 2.45) is 7.05 Å². The van der Waals surface area contributed by atoms with E-state index in [0.717, 1.165) is 72.2 Å². The maximum atomic E-state index is 11.7. The number of likely N-dealkylation sites (tertiary alicyclic amines) is 1. The normalized spacial score (nSPS) is 16.4. The lowest BCUT2D eigenvalue weighted by atomic mass is 9.99. The number of carbonyl (C=O) groups is 2. The van der Waals surface area contributed by atoms with E-state index in [-0.39, 0.29) is 17.9 Å². The maximum absolute atomic E-state index is 11.7. The first-order valence-electron chi connectivity index (χ1n) is 17.7. The van der Waals surface area contributed by atoms with Crippen molar-refractivity contribution < 1.29 is 14.3 Å². The van der Waals surface area contributed by atoms with Gasteiger partial charge in [0.25, 0.3) is 0 Å². The Labute approximate surface area is 313 Å². The molecular weight excluding hydrogens is 697 g/mol. The van der Waals surface area contributed by atoms with Crippen molar-refractivity contribution in [3.63, 3.8) is 0 Å². The fourth-order valence-corrected chi connectivity index (χ4v) is 7.99. The molecule has 1 atom stereocenters. The topological polar surface area (TPSA) is 113 Å². The largest absolute Gasteiger partial charge is 0.481 e. The van der Waals surface area contributed by atoms with E-state index in [4.69, 9.17) is 37.9 Å². The van der Waals surface area contributed by atoms with Crippen molar-refractivity contribution in [3.05, 3.63) is 88.2 Å². The van der Waals surface area contributed by atoms with Gasteiger partial charge in [0, 0.05) is 116 Å². The highest BCUT2D eigenvalue weighted by Crippen LogP contribution is 2.42. The van der Waals surface area contributed by atoms with E-state index in [1.165, 1.54) is 10.9 Å². The summed E-state index contributed by atoms with van der Waals surface area (Å²) < 4.78 is 7.81. The Bertz CT molecular complexity index is 2130. The number of methoxy groups -OCH3 is 1. The number of hydrogen-bond donors (Lipinski definition) is 3. The monoisotopic (exact) mass is 739 g/mol. The van der Waals surface area contributed by atoms with Gasteiger partial charge in [0.1, 0.15) is 0 Å². The SMILES string of the molecule is COc1nc(-c2cccc(-c3ccnc(-c4ccc5c(CNC6CCN(C(C)=O)CC6)cn(C)c5c4)c3Cl)c2Cl)ccc1CNCC1CCC(=O)N1. The summed E-state index contributed by atoms with van der Waals surface area (Å²) in [5.74, 6) is 0.764. The van der Waals surface area contributed by atoms with Crippen LogP contribution >= 0.6 is 23.2 Å². The fourth-order valence-electron chi connectivity index (χ4n) is 7.34. The smallest absolute Gasteiger partial charge is 0.220 e. The molecule has 0 spiro atoms. The van der Waals surface area contributed by atoms with Crippen molar-refractivity contribution in [2.45, 2.75) is 57.8 Å². The van der Waals surface area contributed by atoms with Crippen LogP contribution in [0.3, 0.4) is 0 Å². The summed E-state index contributed by atoms with van der Waals surface area (Å²) >= 11 is 14.3. The Hall–Kier alpha value is -4.48. The minimum atomic E-state index is 0.103. The van der Waals surface area contributed by atoms with Crippen LogP contribution in [-0.2, 0) is 29.7 Å². The highest BCUT2D eigenvalue weighted by Gasteiger charge is 2.23. The summed E-state index contributed by atoms with van der Waals surface area (Å²) in [6, 6.07) is 18.5. The summed E-state index contributed by atoms with van der Waals surface area (Å²) in [5, 5.41) is 12.3. The van der Waals surface area contributed by atoms with E-state index >= 15 is 0 Å². The Kier molecular flexibility index (Phi) is 10.8. The standard InChI is InChI=1S/C40H43Cl2N7O3/c1-24(50)49-17-14-28(15-18-49)45-21-27-23-48(2)35-19-25(7-10-30(27)35)39-38(42)32(13-16-44-39)31-5-4-6-33(37(31)41)34-11-8-26(40(47-34)52-3)20-43-22-29-9-12-36(51)46-29/h4-8,10-11,13,16,19,23,28-29,43,45H,9,12,14-15,17-18,20-22H2,1-3H3,(H,46,51). The van der Waals surface area contributed by atoms with Gasteiger partial charge in [0.2, 0.25) is 17.7 Å². The van der Waals surface area contributed by atoms with Crippen LogP contribution in [0, 0.1) is 0 Å². The van der Waals surface area contributed by atoms with E-state index in [9.17, 15) is 9.59 Å². The number of aryl methyl sites for hydroxylation is 1. The summed E-state index contributed by atoms with van der Waals surface area (Å²) in [6.45, 7) is 5.24. The third kappa shape index (κ3) is 7.52. The van der Waals surface area contributed by atoms with E-state index in [1.54, 1.807) is 20.2 Å². The molecule has 2 fully saturated rings. The Morgan fingerprint density at radius 3 is 2.52 bits per heavy atom. The molecule has 10 nitrogen and oxygen atoms in total. The molecule has 0 saturated carbocycles. The van der Waals surface area contributed by atoms with Crippen LogP contribution in [0.1, 0.15) is 43.7 Å². The molecule has 0 aliphatic carbocycles. The number of amides is 2. The number of piperidine rings is 1. The van der Waals surface area contributed by atoms with E-state index < -0.39 is 0 Å². The van der Waals surface area contributed by atoms with Crippen molar-refractivity contribution in [3.8, 4) is 39.5 Å². The zero-order chi connectivity index (χ0) is 36.4. The second-order valence-electron chi connectivity index (χ2n) is 13.6. The zero-order valence-electron chi connectivity index (χ0n) is 29.6. The molecule has 270 valence electrons. The van der Waals surface area contributed by atoms with Crippen molar-refractivity contribution in [2.75, 3.05) is 26.7 Å². The third-order valence-corrected chi connectivity index (χ3v) is 11.0. The van der Waals surface area contributed by atoms with Gasteiger partial charge in [-0.1, -0.05) is 59.6 Å². The van der Waals surface area contributed by atoms with Gasteiger partial charge in [0.05, 0.1) is 28.5 Å². The quantitative estimate of drug-likeness (QED) is 0.137. The molecule has 0 bridgehead atoms. The van der Waals surface area contributed by atoms with Gasteiger partial charge in [-0.3, -0.25) is 14.6 Å². The number of ether oxygens (including phenoxy) is 1. The van der Waals surface area contributed by atoms with Crippen molar-refractivity contribution in [1.29, 1.82) is 0 Å². The average molecular weight is 741 g/mol. The highest BCUT2D eigenvalue weighted by atomic mass is 35.5. The molecule has 2 aromatic carbocycles. The number of rotatable bonds is 11. The lowest BCUT2D eigenvalue weighted by Gasteiger charge is -2.31. The van der Waals surface area contributed by atoms with Crippen LogP contribution in [-0.4, -0.2) is 70.1 Å². The minimum Gasteiger partial charge on any atom is -0.481 e. The minimum absolute atomic E-state index is 0.103. The number of nitrogens with one attached hydrogen (secondary N) is 3. The molecule has 2 saturated heterocycles. The van der Waals surface area contributed by atoms with Gasteiger partial charge in [-0.05, 0) is 43.0 Å². The summed E-state index contributed by atoms with van der Waals surface area (Å²) in [4.78, 5) is 34.7. The molecule has 3 aromatic heterocycles. The molecule has 1 unspecified atom stereocenters. The second kappa shape index (κ2) is 15.6. The zero-order valence-corrected chi connectivity index (χ0v) is 31.2. The molecule has 0 radical (unpaired) electrons. The van der Waals surface area contributed by atoms with E-state index in [1.807, 2.05) is 41.3 Å². The molecule has 52 heavy (non-hydrogen) atoms. The highest BCUT2D eigenvalue weighted by molar-refractivity contribution is 6.39. The van der Waals surface area contributed by atoms with Gasteiger partial charge in [-0.25, -0.2) is 4.98 Å². The fraction of sp³-hybridized carbons (Fsp3) is 0.350. The summed E-state index contributed by atoms with van der Waals surface area (Å²) in [6.07, 6.45) is 7.27. The molecule has 3 N–H and O–H groups in total. The summed E-state index contributed by atoms with van der Waals surface area (Å²) in [5.41, 5.74) is 7.81. The predicted octanol–water partition coefficient (Wildman–Crippen LogP) is 6.75. The molecular formula is C40H43Cl2N7O3. The predicted molar refractivity (Wildman–Crippen MR) is 206 cm³/mol. The van der Waals surface area contributed by atoms with Crippen LogP contribution in [0.4, 0.5) is 0 Å². The van der Waals surface area contributed by atoms with Crippen molar-refractivity contribution >= 4 is 45.9 Å². The summed E-state index contributed by atoms with van der Waals surface area (Å²) in [7, 11) is 3.66. The first-order valence-corrected chi connectivity index (χ1v) is 18.5. The number of aromatic nitrogens is 3. The third-order valence-electron chi connectivity index (χ3n) is 10.2. The number of nitrogens with zero attached hydrogens (tertiary/aromatic N) is 4. The second-order valence-corrected chi connectivity index (χ2v) is 14.4. The van der Waals surface area contributed by atoms with E-state index in [0.29, 0.717) is 52.9 Å². The first kappa shape index (κ1) is 35.9. The van der Waals surface area contributed by atoms with Crippen LogP contribution < -0.4 is 20.7 Å². The maximum Gasteiger partial charge on any atom is 0.220 e. The Morgan fingerprint density at radius 1 is 0.981 bits per heavy atom. The molecule has 12 heteroatoms. The van der Waals surface area contributed by atoms with Gasteiger partial charge in [0.15, 0.2) is 0 Å². The number of hydrogen-bond acceptors (Lipinski definition) is 7. The van der Waals surface area contributed by atoms with E-state index in [2.05, 4.69) is 52.0 Å². The lowest BCUT2D eigenvalue weighted by molar-refractivity contribution is -0.130. The number of carbonyl (C=O) groups excluding carboxylic acids is 2. The molecule has 2 aliphatic rings. The molecule has 2 aliphatic heterocycles. The van der Waals surface area contributed by atoms with Crippen LogP contribution in [0.5, 0.6) is 5.88 Å². The van der Waals surface area contributed by atoms with Gasteiger partial charge in [-0.2, -0.15) is 0 Å².